The van der Waals surface area contributed by atoms with E-state index in [1.54, 1.807) is 0 Å². The summed E-state index contributed by atoms with van der Waals surface area (Å²) in [4.78, 5) is 50.3. The van der Waals surface area contributed by atoms with Gasteiger partial charge >= 0.3 is 5.97 Å². The van der Waals surface area contributed by atoms with E-state index < -0.39 is 22.2 Å². The van der Waals surface area contributed by atoms with Crippen LogP contribution in [0, 0.1) is 22.2 Å². The van der Waals surface area contributed by atoms with Gasteiger partial charge in [-0.2, -0.15) is 0 Å². The molecule has 0 unspecified atom stereocenters. The van der Waals surface area contributed by atoms with Crippen molar-refractivity contribution in [2.45, 2.75) is 51.4 Å². The monoisotopic (exact) mass is 304 g/mol. The molecule has 0 aromatic carbocycles. The number of rotatable bonds is 7. The number of ether oxygens (including phenoxy) is 1. The molecular formula is C17H20O5. The smallest absolute Gasteiger partial charge is 0.319 e. The summed E-state index contributed by atoms with van der Waals surface area (Å²) in [6, 6.07) is 0. The molecule has 5 heteroatoms. The fourth-order valence-corrected chi connectivity index (χ4v) is 3.89. The van der Waals surface area contributed by atoms with Gasteiger partial charge in [-0.1, -0.05) is 0 Å². The molecule has 4 fully saturated rings. The summed E-state index contributed by atoms with van der Waals surface area (Å²) in [5.74, 6) is -0.883. The van der Waals surface area contributed by atoms with Crippen molar-refractivity contribution in [2.24, 2.45) is 22.2 Å². The van der Waals surface area contributed by atoms with Gasteiger partial charge in [-0.25, -0.2) is 0 Å². The average molecular weight is 304 g/mol. The first-order chi connectivity index (χ1) is 10.4. The van der Waals surface area contributed by atoms with E-state index in [9.17, 15) is 19.2 Å². The maximum absolute atomic E-state index is 13.0. The highest BCUT2D eigenvalue weighted by molar-refractivity contribution is 6.26. The molecule has 118 valence electrons. The van der Waals surface area contributed by atoms with Gasteiger partial charge in [0.15, 0.2) is 11.6 Å². The van der Waals surface area contributed by atoms with E-state index in [0.29, 0.717) is 38.5 Å². The van der Waals surface area contributed by atoms with Gasteiger partial charge in [0.2, 0.25) is 0 Å². The van der Waals surface area contributed by atoms with Gasteiger partial charge < -0.3 is 4.74 Å². The predicted octanol–water partition coefficient (Wildman–Crippen LogP) is 1.62. The number of Topliss-reactive ketones (excluding diaryl/α,β-unsaturated/α-hetero) is 3. The van der Waals surface area contributed by atoms with Crippen LogP contribution in [0.4, 0.5) is 0 Å². The number of ketones is 3. The first-order valence-corrected chi connectivity index (χ1v) is 8.16. The second-order valence-corrected chi connectivity index (χ2v) is 7.53. The highest BCUT2D eigenvalue weighted by atomic mass is 16.5. The first kappa shape index (κ1) is 14.1. The van der Waals surface area contributed by atoms with Crippen LogP contribution in [0.25, 0.3) is 0 Å². The Morgan fingerprint density at radius 1 is 0.773 bits per heavy atom. The van der Waals surface area contributed by atoms with Crippen LogP contribution in [0.15, 0.2) is 0 Å². The molecule has 4 rings (SSSR count). The topological polar surface area (TPSA) is 77.5 Å². The summed E-state index contributed by atoms with van der Waals surface area (Å²) < 4.78 is 4.76. The lowest BCUT2D eigenvalue weighted by Crippen LogP contribution is -2.43. The fraction of sp³-hybridized carbons (Fsp3) is 0.765. The van der Waals surface area contributed by atoms with E-state index in [1.807, 2.05) is 0 Å². The van der Waals surface area contributed by atoms with Crippen molar-refractivity contribution in [2.75, 3.05) is 7.11 Å². The van der Waals surface area contributed by atoms with Crippen molar-refractivity contribution in [1.82, 2.24) is 0 Å². The van der Waals surface area contributed by atoms with Gasteiger partial charge in [0, 0.05) is 5.92 Å². The maximum Gasteiger partial charge on any atom is 0.319 e. The Hall–Kier alpha value is -1.52. The molecule has 4 saturated carbocycles. The third kappa shape index (κ3) is 1.65. The average Bonchev–Trinajstić information content (AvgIpc) is 3.43. The summed E-state index contributed by atoms with van der Waals surface area (Å²) in [5.41, 5.74) is -3.05. The van der Waals surface area contributed by atoms with Gasteiger partial charge in [-0.3, -0.25) is 19.2 Å². The Morgan fingerprint density at radius 3 is 1.59 bits per heavy atom. The van der Waals surface area contributed by atoms with Gasteiger partial charge in [0.1, 0.15) is 11.2 Å². The molecule has 0 N–H and O–H groups in total. The number of hydrogen-bond acceptors (Lipinski definition) is 5. The largest absolute Gasteiger partial charge is 0.468 e. The standard InChI is InChI=1S/C17H20O5/c1-22-14(21)17(8-9-17)13(20)16(6-7-16)12(19)15(4-5-15)11(18)10-2-3-10/h10H,2-9H2,1H3. The van der Waals surface area contributed by atoms with Gasteiger partial charge in [-0.05, 0) is 51.4 Å². The number of methoxy groups -OCH3 is 1. The highest BCUT2D eigenvalue weighted by Gasteiger charge is 2.74. The van der Waals surface area contributed by atoms with Crippen molar-refractivity contribution in [3.63, 3.8) is 0 Å². The summed E-state index contributed by atoms with van der Waals surface area (Å²) in [5, 5.41) is 0. The van der Waals surface area contributed by atoms with Crippen molar-refractivity contribution >= 4 is 23.3 Å². The zero-order valence-electron chi connectivity index (χ0n) is 12.8. The van der Waals surface area contributed by atoms with Crippen LogP contribution in [-0.2, 0) is 23.9 Å². The fourth-order valence-electron chi connectivity index (χ4n) is 3.89. The molecule has 4 aliphatic rings. The Bertz CT molecular complexity index is 601. The molecule has 0 aromatic heterocycles. The van der Waals surface area contributed by atoms with Crippen molar-refractivity contribution in [1.29, 1.82) is 0 Å². The molecule has 0 bridgehead atoms. The van der Waals surface area contributed by atoms with Crippen LogP contribution in [0.3, 0.4) is 0 Å². The lowest BCUT2D eigenvalue weighted by molar-refractivity contribution is -0.154. The zero-order chi connectivity index (χ0) is 15.8. The minimum absolute atomic E-state index is 0.0350. The van der Waals surface area contributed by atoms with Crippen LogP contribution in [0.1, 0.15) is 51.4 Å². The third-order valence-electron chi connectivity index (χ3n) is 5.98. The first-order valence-electron chi connectivity index (χ1n) is 8.16. The van der Waals surface area contributed by atoms with Crippen LogP contribution >= 0.6 is 0 Å². The Balaban J connectivity index is 1.59. The second-order valence-electron chi connectivity index (χ2n) is 7.53. The summed E-state index contributed by atoms with van der Waals surface area (Å²) in [6.07, 6.45) is 4.84. The molecule has 22 heavy (non-hydrogen) atoms. The lowest BCUT2D eigenvalue weighted by atomic mass is 9.76. The number of carbonyl (C=O) groups is 4. The van der Waals surface area contributed by atoms with Gasteiger partial charge in [-0.15, -0.1) is 0 Å². The van der Waals surface area contributed by atoms with Crippen LogP contribution < -0.4 is 0 Å². The minimum atomic E-state index is -1.10. The van der Waals surface area contributed by atoms with Crippen molar-refractivity contribution in [3.05, 3.63) is 0 Å². The van der Waals surface area contributed by atoms with Crippen LogP contribution in [0.2, 0.25) is 0 Å². The summed E-state index contributed by atoms with van der Waals surface area (Å²) in [7, 11) is 1.27. The Labute approximate surface area is 128 Å². The highest BCUT2D eigenvalue weighted by Crippen LogP contribution is 2.65. The number of carbonyl (C=O) groups excluding carboxylic acids is 4. The number of hydrogen-bond donors (Lipinski definition) is 0. The van der Waals surface area contributed by atoms with Crippen molar-refractivity contribution in [3.8, 4) is 0 Å². The molecule has 0 amide bonds. The maximum atomic E-state index is 13.0. The predicted molar refractivity (Wildman–Crippen MR) is 74.8 cm³/mol. The minimum Gasteiger partial charge on any atom is -0.468 e. The molecule has 0 saturated heterocycles. The van der Waals surface area contributed by atoms with Gasteiger partial charge in [0.25, 0.3) is 0 Å². The normalized spacial score (nSPS) is 28.4. The molecule has 0 heterocycles. The van der Waals surface area contributed by atoms with E-state index in [0.717, 1.165) is 12.8 Å². The molecule has 0 radical (unpaired) electrons. The quantitative estimate of drug-likeness (QED) is 0.527. The molecule has 0 aliphatic heterocycles. The Morgan fingerprint density at radius 2 is 1.23 bits per heavy atom. The third-order valence-corrected chi connectivity index (χ3v) is 5.98. The van der Waals surface area contributed by atoms with E-state index >= 15 is 0 Å². The van der Waals surface area contributed by atoms with Crippen LogP contribution in [0.5, 0.6) is 0 Å². The second kappa shape index (κ2) is 4.06. The van der Waals surface area contributed by atoms with Crippen molar-refractivity contribution < 1.29 is 23.9 Å². The zero-order valence-corrected chi connectivity index (χ0v) is 12.8. The van der Waals surface area contributed by atoms with E-state index in [2.05, 4.69) is 0 Å². The summed E-state index contributed by atoms with van der Waals surface area (Å²) >= 11 is 0. The number of esters is 1. The van der Waals surface area contributed by atoms with E-state index in [1.165, 1.54) is 7.11 Å². The molecule has 4 aliphatic carbocycles. The lowest BCUT2D eigenvalue weighted by Gasteiger charge is -2.23. The molecule has 0 atom stereocenters. The van der Waals surface area contributed by atoms with Gasteiger partial charge in [0.05, 0.1) is 17.9 Å². The molecular weight excluding hydrogens is 284 g/mol. The summed E-state index contributed by atoms with van der Waals surface area (Å²) in [6.45, 7) is 0. The molecule has 0 spiro atoms. The molecule has 0 aromatic rings. The Kier molecular flexibility index (Phi) is 2.60. The van der Waals surface area contributed by atoms with Crippen LogP contribution in [-0.4, -0.2) is 30.4 Å². The van der Waals surface area contributed by atoms with E-state index in [4.69, 9.17) is 4.74 Å². The molecule has 5 nitrogen and oxygen atoms in total. The SMILES string of the molecule is COC(=O)C1(C(=O)C2(C(=O)C3(C(=O)C4CC4)CC3)CC2)CC1. The van der Waals surface area contributed by atoms with E-state index in [-0.39, 0.29) is 23.3 Å².